The molecule has 1 aliphatic carbocycles. The molecule has 0 bridgehead atoms. The van der Waals surface area contributed by atoms with Gasteiger partial charge in [-0.25, -0.2) is 0 Å². The van der Waals surface area contributed by atoms with Gasteiger partial charge in [-0.05, 0) is 42.9 Å². The molecule has 0 saturated heterocycles. The maximum Gasteiger partial charge on any atom is 0.0702 e. The molecular weight excluding hydrogens is 258 g/mol. The molecule has 0 amide bonds. The molecule has 0 atom stereocenters. The maximum atomic E-state index is 4.61. The van der Waals surface area contributed by atoms with Crippen molar-refractivity contribution in [3.63, 3.8) is 0 Å². The molecule has 112 valence electrons. The highest BCUT2D eigenvalue weighted by atomic mass is 15.2. The minimum Gasteiger partial charge on any atom is -0.310 e. The number of nitrogens with zero attached hydrogens (tertiary/aromatic N) is 2. The van der Waals surface area contributed by atoms with Crippen LogP contribution in [0.5, 0.6) is 0 Å². The summed E-state index contributed by atoms with van der Waals surface area (Å²) in [6.07, 6.45) is 7.00. The zero-order valence-electron chi connectivity index (χ0n) is 13.3. The van der Waals surface area contributed by atoms with E-state index in [1.165, 1.54) is 40.8 Å². The van der Waals surface area contributed by atoms with Gasteiger partial charge in [-0.2, -0.15) is 5.10 Å². The molecule has 1 aliphatic rings. The summed E-state index contributed by atoms with van der Waals surface area (Å²) in [6.45, 7) is 5.40. The van der Waals surface area contributed by atoms with Crippen LogP contribution in [-0.2, 0) is 20.0 Å². The highest BCUT2D eigenvalue weighted by Gasteiger charge is 2.20. The zero-order chi connectivity index (χ0) is 14.8. The van der Waals surface area contributed by atoms with Crippen LogP contribution in [0.15, 0.2) is 24.4 Å². The van der Waals surface area contributed by atoms with E-state index in [2.05, 4.69) is 48.7 Å². The van der Waals surface area contributed by atoms with Crippen LogP contribution in [-0.4, -0.2) is 15.8 Å². The highest BCUT2D eigenvalue weighted by molar-refractivity contribution is 5.69. The number of nitrogens with one attached hydrogen (secondary N) is 1. The Kier molecular flexibility index (Phi) is 4.11. The molecule has 0 radical (unpaired) electrons. The molecule has 0 unspecified atom stereocenters. The molecule has 0 spiro atoms. The SMILES string of the molecule is CCCc1nn(C)cc1-c1ccc(CNC2CC2)cc1C. The van der Waals surface area contributed by atoms with Gasteiger partial charge in [0.25, 0.3) is 0 Å². The number of aryl methyl sites for hydroxylation is 3. The average Bonchev–Trinajstić information content (AvgIpc) is 3.21. The molecule has 21 heavy (non-hydrogen) atoms. The van der Waals surface area contributed by atoms with Crippen molar-refractivity contribution < 1.29 is 0 Å². The molecule has 2 aromatic rings. The summed E-state index contributed by atoms with van der Waals surface area (Å²) in [4.78, 5) is 0. The van der Waals surface area contributed by atoms with Crippen molar-refractivity contribution >= 4 is 0 Å². The molecule has 1 heterocycles. The Morgan fingerprint density at radius 1 is 1.29 bits per heavy atom. The second-order valence-corrected chi connectivity index (χ2v) is 6.22. The van der Waals surface area contributed by atoms with Gasteiger partial charge in [-0.3, -0.25) is 4.68 Å². The number of benzene rings is 1. The molecule has 0 aliphatic heterocycles. The van der Waals surface area contributed by atoms with Gasteiger partial charge in [0, 0.05) is 31.4 Å². The van der Waals surface area contributed by atoms with Crippen LogP contribution < -0.4 is 5.32 Å². The quantitative estimate of drug-likeness (QED) is 0.878. The molecule has 1 saturated carbocycles. The number of hydrogen-bond donors (Lipinski definition) is 1. The summed E-state index contributed by atoms with van der Waals surface area (Å²) in [5.74, 6) is 0. The Bertz CT molecular complexity index is 623. The minimum atomic E-state index is 0.763. The van der Waals surface area contributed by atoms with Crippen LogP contribution in [0.2, 0.25) is 0 Å². The first-order chi connectivity index (χ1) is 10.2. The highest BCUT2D eigenvalue weighted by Crippen LogP contribution is 2.28. The predicted octanol–water partition coefficient (Wildman–Crippen LogP) is 3.60. The third-order valence-electron chi connectivity index (χ3n) is 4.15. The standard InChI is InChI=1S/C18H25N3/c1-4-5-18-17(12-21(3)20-18)16-9-6-14(10-13(16)2)11-19-15-7-8-15/h6,9-10,12,15,19H,4-5,7-8,11H2,1-3H3. The van der Waals surface area contributed by atoms with Crippen molar-refractivity contribution in [3.8, 4) is 11.1 Å². The molecule has 1 N–H and O–H groups in total. The lowest BCUT2D eigenvalue weighted by Crippen LogP contribution is -2.15. The van der Waals surface area contributed by atoms with E-state index >= 15 is 0 Å². The summed E-state index contributed by atoms with van der Waals surface area (Å²) in [5, 5.41) is 8.19. The van der Waals surface area contributed by atoms with Crippen LogP contribution in [0.3, 0.4) is 0 Å². The Morgan fingerprint density at radius 2 is 2.10 bits per heavy atom. The Hall–Kier alpha value is -1.61. The Labute approximate surface area is 127 Å². The topological polar surface area (TPSA) is 29.9 Å². The number of rotatable bonds is 6. The van der Waals surface area contributed by atoms with Crippen LogP contribution in [0.1, 0.15) is 43.0 Å². The smallest absolute Gasteiger partial charge is 0.0702 e. The van der Waals surface area contributed by atoms with E-state index in [4.69, 9.17) is 0 Å². The fourth-order valence-electron chi connectivity index (χ4n) is 2.87. The van der Waals surface area contributed by atoms with Crippen LogP contribution >= 0.6 is 0 Å². The average molecular weight is 283 g/mol. The minimum absolute atomic E-state index is 0.763. The van der Waals surface area contributed by atoms with Crippen molar-refractivity contribution in [2.45, 2.75) is 52.1 Å². The monoisotopic (exact) mass is 283 g/mol. The fraction of sp³-hybridized carbons (Fsp3) is 0.500. The maximum absolute atomic E-state index is 4.61. The van der Waals surface area contributed by atoms with E-state index in [0.29, 0.717) is 0 Å². The van der Waals surface area contributed by atoms with Gasteiger partial charge >= 0.3 is 0 Å². The molecule has 3 heteroatoms. The van der Waals surface area contributed by atoms with Gasteiger partial charge in [0.05, 0.1) is 5.69 Å². The van der Waals surface area contributed by atoms with E-state index < -0.39 is 0 Å². The lowest BCUT2D eigenvalue weighted by Gasteiger charge is -2.09. The lowest BCUT2D eigenvalue weighted by atomic mass is 9.97. The van der Waals surface area contributed by atoms with Gasteiger partial charge in [0.15, 0.2) is 0 Å². The third-order valence-corrected chi connectivity index (χ3v) is 4.15. The van der Waals surface area contributed by atoms with E-state index in [1.54, 1.807) is 0 Å². The lowest BCUT2D eigenvalue weighted by molar-refractivity contribution is 0.687. The second kappa shape index (κ2) is 6.02. The zero-order valence-corrected chi connectivity index (χ0v) is 13.3. The molecule has 1 fully saturated rings. The summed E-state index contributed by atoms with van der Waals surface area (Å²) >= 11 is 0. The van der Waals surface area contributed by atoms with E-state index in [-0.39, 0.29) is 0 Å². The first-order valence-corrected chi connectivity index (χ1v) is 8.03. The predicted molar refractivity (Wildman–Crippen MR) is 87.2 cm³/mol. The summed E-state index contributed by atoms with van der Waals surface area (Å²) in [5.41, 5.74) is 6.55. The normalized spacial score (nSPS) is 14.6. The van der Waals surface area contributed by atoms with Gasteiger partial charge in [-0.1, -0.05) is 31.5 Å². The van der Waals surface area contributed by atoms with Crippen molar-refractivity contribution in [3.05, 3.63) is 41.2 Å². The van der Waals surface area contributed by atoms with Gasteiger partial charge < -0.3 is 5.32 Å². The van der Waals surface area contributed by atoms with Crippen molar-refractivity contribution in [1.82, 2.24) is 15.1 Å². The van der Waals surface area contributed by atoms with Crippen LogP contribution in [0, 0.1) is 6.92 Å². The molecule has 1 aromatic carbocycles. The van der Waals surface area contributed by atoms with E-state index in [0.717, 1.165) is 25.4 Å². The number of aromatic nitrogens is 2. The molecular formula is C18H25N3. The van der Waals surface area contributed by atoms with Gasteiger partial charge in [0.2, 0.25) is 0 Å². The first-order valence-electron chi connectivity index (χ1n) is 8.03. The molecule has 3 rings (SSSR count). The molecule has 3 nitrogen and oxygen atoms in total. The largest absolute Gasteiger partial charge is 0.310 e. The molecule has 1 aromatic heterocycles. The van der Waals surface area contributed by atoms with Crippen LogP contribution in [0.4, 0.5) is 0 Å². The Balaban J connectivity index is 1.84. The third kappa shape index (κ3) is 3.35. The van der Waals surface area contributed by atoms with Crippen molar-refractivity contribution in [2.24, 2.45) is 7.05 Å². The Morgan fingerprint density at radius 3 is 2.76 bits per heavy atom. The van der Waals surface area contributed by atoms with Gasteiger partial charge in [0.1, 0.15) is 0 Å². The van der Waals surface area contributed by atoms with Crippen molar-refractivity contribution in [1.29, 1.82) is 0 Å². The van der Waals surface area contributed by atoms with E-state index in [1.807, 2.05) is 11.7 Å². The summed E-state index contributed by atoms with van der Waals surface area (Å²) in [7, 11) is 2.01. The number of hydrogen-bond acceptors (Lipinski definition) is 2. The summed E-state index contributed by atoms with van der Waals surface area (Å²) < 4.78 is 1.93. The van der Waals surface area contributed by atoms with Crippen LogP contribution in [0.25, 0.3) is 11.1 Å². The van der Waals surface area contributed by atoms with Gasteiger partial charge in [-0.15, -0.1) is 0 Å². The van der Waals surface area contributed by atoms with E-state index in [9.17, 15) is 0 Å². The second-order valence-electron chi connectivity index (χ2n) is 6.22. The fourth-order valence-corrected chi connectivity index (χ4v) is 2.87. The summed E-state index contributed by atoms with van der Waals surface area (Å²) in [6, 6.07) is 7.59. The first kappa shape index (κ1) is 14.3. The van der Waals surface area contributed by atoms with Crippen molar-refractivity contribution in [2.75, 3.05) is 0 Å².